The van der Waals surface area contributed by atoms with Crippen molar-refractivity contribution in [2.75, 3.05) is 20.3 Å². The van der Waals surface area contributed by atoms with Crippen molar-refractivity contribution in [1.29, 1.82) is 0 Å². The van der Waals surface area contributed by atoms with Crippen molar-refractivity contribution in [3.8, 4) is 0 Å². The molecule has 0 aliphatic carbocycles. The zero-order chi connectivity index (χ0) is 12.3. The second-order valence-electron chi connectivity index (χ2n) is 3.71. The molecule has 94 valence electrons. The summed E-state index contributed by atoms with van der Waals surface area (Å²) in [7, 11) is 1.59. The summed E-state index contributed by atoms with van der Waals surface area (Å²) in [6.07, 6.45) is 2.21. The molecule has 0 spiro atoms. The van der Waals surface area contributed by atoms with Crippen molar-refractivity contribution in [3.63, 3.8) is 0 Å². The largest absolute Gasteiger partial charge is 0.382 e. The van der Waals surface area contributed by atoms with Crippen LogP contribution in [0.4, 0.5) is 0 Å². The summed E-state index contributed by atoms with van der Waals surface area (Å²) in [5, 5.41) is 0. The van der Waals surface area contributed by atoms with E-state index in [-0.39, 0.29) is 5.91 Å². The van der Waals surface area contributed by atoms with Crippen molar-refractivity contribution in [3.05, 3.63) is 35.9 Å². The Morgan fingerprint density at radius 1 is 1.24 bits per heavy atom. The Bertz CT molecular complexity index is 314. The lowest BCUT2D eigenvalue weighted by atomic mass is 10.1. The predicted molar refractivity (Wildman–Crippen MR) is 65.4 cm³/mol. The molecule has 0 atom stereocenters. The maximum absolute atomic E-state index is 11.3. The van der Waals surface area contributed by atoms with Gasteiger partial charge in [-0.2, -0.15) is 0 Å². The van der Waals surface area contributed by atoms with Crippen molar-refractivity contribution < 1.29 is 14.4 Å². The minimum atomic E-state index is -0.0861. The molecule has 0 aliphatic heterocycles. The van der Waals surface area contributed by atoms with Crippen LogP contribution in [0.2, 0.25) is 0 Å². The first-order valence-corrected chi connectivity index (χ1v) is 5.76. The number of hydroxylamine groups is 1. The van der Waals surface area contributed by atoms with Crippen LogP contribution in [0.1, 0.15) is 18.4 Å². The molecule has 0 aliphatic rings. The Morgan fingerprint density at radius 2 is 2.00 bits per heavy atom. The highest BCUT2D eigenvalue weighted by molar-refractivity contribution is 5.74. The highest BCUT2D eigenvalue weighted by Gasteiger charge is 2.01. The molecule has 4 nitrogen and oxygen atoms in total. The van der Waals surface area contributed by atoms with Gasteiger partial charge in [-0.05, 0) is 18.4 Å². The average Bonchev–Trinajstić information content (AvgIpc) is 2.36. The van der Waals surface area contributed by atoms with Crippen LogP contribution in [-0.2, 0) is 20.8 Å². The fourth-order valence-corrected chi connectivity index (χ4v) is 1.41. The molecule has 1 rings (SSSR count). The fourth-order valence-electron chi connectivity index (χ4n) is 1.41. The van der Waals surface area contributed by atoms with Crippen LogP contribution in [0.3, 0.4) is 0 Å². The maximum Gasteiger partial charge on any atom is 0.243 e. The zero-order valence-electron chi connectivity index (χ0n) is 10.1. The Balaban J connectivity index is 2.04. The highest BCUT2D eigenvalue weighted by Crippen LogP contribution is 2.04. The van der Waals surface area contributed by atoms with E-state index in [1.54, 1.807) is 7.11 Å². The first-order chi connectivity index (χ1) is 8.33. The van der Waals surface area contributed by atoms with Gasteiger partial charge < -0.3 is 4.74 Å². The molecule has 1 N–H and O–H groups in total. The molecule has 0 saturated carbocycles. The zero-order valence-corrected chi connectivity index (χ0v) is 10.1. The third-order valence-electron chi connectivity index (χ3n) is 2.29. The molecule has 0 radical (unpaired) electrons. The Kier molecular flexibility index (Phi) is 7.02. The normalized spacial score (nSPS) is 10.2. The van der Waals surface area contributed by atoms with Gasteiger partial charge in [-0.15, -0.1) is 0 Å². The number of rotatable bonds is 8. The molecule has 0 aromatic heterocycles. The molecule has 4 heteroatoms. The van der Waals surface area contributed by atoms with Crippen LogP contribution in [0.15, 0.2) is 30.3 Å². The van der Waals surface area contributed by atoms with Gasteiger partial charge in [-0.25, -0.2) is 5.48 Å². The number of carbonyl (C=O) groups is 1. The van der Waals surface area contributed by atoms with Gasteiger partial charge in [-0.3, -0.25) is 9.63 Å². The van der Waals surface area contributed by atoms with Gasteiger partial charge in [0.2, 0.25) is 5.91 Å². The number of benzene rings is 1. The Hall–Kier alpha value is -1.39. The molecule has 17 heavy (non-hydrogen) atoms. The molecule has 0 unspecified atom stereocenters. The number of hydrogen-bond acceptors (Lipinski definition) is 3. The standard InChI is InChI=1S/C13H19NO3/c1-16-10-11-17-14-13(15)9-5-8-12-6-3-2-4-7-12/h2-4,6-7H,5,8-11H2,1H3,(H,14,15). The maximum atomic E-state index is 11.3. The van der Waals surface area contributed by atoms with Crippen LogP contribution in [0.25, 0.3) is 0 Å². The molecule has 0 fully saturated rings. The van der Waals surface area contributed by atoms with E-state index >= 15 is 0 Å². The number of ether oxygens (including phenoxy) is 1. The number of aryl methyl sites for hydroxylation is 1. The highest BCUT2D eigenvalue weighted by atomic mass is 16.7. The van der Waals surface area contributed by atoms with Gasteiger partial charge in [0, 0.05) is 13.5 Å². The SMILES string of the molecule is COCCONC(=O)CCCc1ccccc1. The second-order valence-corrected chi connectivity index (χ2v) is 3.71. The Morgan fingerprint density at radius 3 is 2.71 bits per heavy atom. The first-order valence-electron chi connectivity index (χ1n) is 5.76. The van der Waals surface area contributed by atoms with Crippen molar-refractivity contribution in [2.24, 2.45) is 0 Å². The fraction of sp³-hybridized carbons (Fsp3) is 0.462. The van der Waals surface area contributed by atoms with Gasteiger partial charge >= 0.3 is 0 Å². The van der Waals surface area contributed by atoms with Crippen LogP contribution in [-0.4, -0.2) is 26.2 Å². The van der Waals surface area contributed by atoms with Crippen LogP contribution >= 0.6 is 0 Å². The lowest BCUT2D eigenvalue weighted by Gasteiger charge is -2.05. The minimum Gasteiger partial charge on any atom is -0.382 e. The van der Waals surface area contributed by atoms with Gasteiger partial charge in [0.25, 0.3) is 0 Å². The third-order valence-corrected chi connectivity index (χ3v) is 2.29. The summed E-state index contributed by atoms with van der Waals surface area (Å²) in [6, 6.07) is 10.1. The molecule has 1 aromatic carbocycles. The number of carbonyl (C=O) groups excluding carboxylic acids is 1. The van der Waals surface area contributed by atoms with E-state index in [1.165, 1.54) is 5.56 Å². The van der Waals surface area contributed by atoms with Gasteiger partial charge in [0.1, 0.15) is 0 Å². The van der Waals surface area contributed by atoms with Gasteiger partial charge in [0.05, 0.1) is 13.2 Å². The van der Waals surface area contributed by atoms with E-state index in [0.29, 0.717) is 19.6 Å². The summed E-state index contributed by atoms with van der Waals surface area (Å²) >= 11 is 0. The van der Waals surface area contributed by atoms with E-state index in [4.69, 9.17) is 9.57 Å². The average molecular weight is 237 g/mol. The van der Waals surface area contributed by atoms with Crippen molar-refractivity contribution in [2.45, 2.75) is 19.3 Å². The quantitative estimate of drug-likeness (QED) is 0.553. The van der Waals surface area contributed by atoms with Crippen LogP contribution < -0.4 is 5.48 Å². The number of amides is 1. The Labute approximate surface area is 102 Å². The first kappa shape index (κ1) is 13.7. The third kappa shape index (κ3) is 6.71. The van der Waals surface area contributed by atoms with E-state index in [0.717, 1.165) is 12.8 Å². The molecule has 0 saturated heterocycles. The predicted octanol–water partition coefficient (Wildman–Crippen LogP) is 1.70. The smallest absolute Gasteiger partial charge is 0.243 e. The van der Waals surface area contributed by atoms with E-state index < -0.39 is 0 Å². The molecular formula is C13H19NO3. The lowest BCUT2D eigenvalue weighted by Crippen LogP contribution is -2.25. The van der Waals surface area contributed by atoms with Crippen LogP contribution in [0.5, 0.6) is 0 Å². The summed E-state index contributed by atoms with van der Waals surface area (Å²) in [6.45, 7) is 0.852. The van der Waals surface area contributed by atoms with Crippen molar-refractivity contribution >= 4 is 5.91 Å². The van der Waals surface area contributed by atoms with Gasteiger partial charge in [-0.1, -0.05) is 30.3 Å². The summed E-state index contributed by atoms with van der Waals surface area (Å²) in [5.41, 5.74) is 3.64. The van der Waals surface area contributed by atoms with Crippen LogP contribution in [0, 0.1) is 0 Å². The van der Waals surface area contributed by atoms with Gasteiger partial charge in [0.15, 0.2) is 0 Å². The van der Waals surface area contributed by atoms with E-state index in [9.17, 15) is 4.79 Å². The summed E-state index contributed by atoms with van der Waals surface area (Å²) < 4.78 is 4.79. The molecule has 0 heterocycles. The lowest BCUT2D eigenvalue weighted by molar-refractivity contribution is -0.134. The molecule has 1 aromatic rings. The molecule has 1 amide bonds. The minimum absolute atomic E-state index is 0.0861. The second kappa shape index (κ2) is 8.73. The summed E-state index contributed by atoms with van der Waals surface area (Å²) in [5.74, 6) is -0.0861. The molecule has 0 bridgehead atoms. The van der Waals surface area contributed by atoms with E-state index in [1.807, 2.05) is 18.2 Å². The number of hydrogen-bond donors (Lipinski definition) is 1. The summed E-state index contributed by atoms with van der Waals surface area (Å²) in [4.78, 5) is 16.2. The molecular weight excluding hydrogens is 218 g/mol. The number of nitrogens with one attached hydrogen (secondary N) is 1. The van der Waals surface area contributed by atoms with E-state index in [2.05, 4.69) is 17.6 Å². The number of methoxy groups -OCH3 is 1. The van der Waals surface area contributed by atoms with Crippen molar-refractivity contribution in [1.82, 2.24) is 5.48 Å². The topological polar surface area (TPSA) is 47.6 Å². The monoisotopic (exact) mass is 237 g/mol.